The van der Waals surface area contributed by atoms with E-state index < -0.39 is 5.82 Å². The van der Waals surface area contributed by atoms with Crippen LogP contribution in [0, 0.1) is 17.2 Å². The van der Waals surface area contributed by atoms with Crippen LogP contribution in [-0.4, -0.2) is 49.5 Å². The van der Waals surface area contributed by atoms with Crippen molar-refractivity contribution < 1.29 is 4.39 Å². The Hall–Kier alpha value is -3.98. The predicted octanol–water partition coefficient (Wildman–Crippen LogP) is 5.69. The second kappa shape index (κ2) is 9.34. The molecule has 6 heterocycles. The Labute approximate surface area is 225 Å². The zero-order valence-electron chi connectivity index (χ0n) is 22.1. The van der Waals surface area contributed by atoms with Crippen LogP contribution in [0.1, 0.15) is 44.6 Å². The molecule has 0 radical (unpaired) electrons. The first kappa shape index (κ1) is 24.1. The summed E-state index contributed by atoms with van der Waals surface area (Å²) in [5.74, 6) is 2.08. The number of anilines is 1. The molecule has 3 N–H and O–H groups in total. The smallest absolute Gasteiger partial charge is 0.163 e. The quantitative estimate of drug-likeness (QED) is 0.263. The molecule has 5 aromatic rings. The monoisotopic (exact) mass is 522 g/mol. The number of hydrogen-bond acceptors (Lipinski definition) is 7. The van der Waals surface area contributed by atoms with E-state index in [4.69, 9.17) is 9.97 Å². The molecule has 1 atom stereocenters. The molecule has 39 heavy (non-hydrogen) atoms. The van der Waals surface area contributed by atoms with E-state index in [2.05, 4.69) is 44.4 Å². The van der Waals surface area contributed by atoms with Crippen LogP contribution in [0.15, 0.2) is 49.1 Å². The van der Waals surface area contributed by atoms with Crippen molar-refractivity contribution in [3.8, 4) is 22.8 Å². The number of nitrogens with one attached hydrogen (secondary N) is 3. The molecule has 1 aliphatic heterocycles. The van der Waals surface area contributed by atoms with Crippen LogP contribution in [-0.2, 0) is 0 Å². The SMILES string of the molecule is CC1(C)CNCC[C@@H]1CNc1nc(-c2ccnc3[nH]c(-c4ncccc4F)cc23)nc2cncc(C3CC3)c12. The number of piperidine rings is 1. The molecule has 0 spiro atoms. The Morgan fingerprint density at radius 1 is 1.08 bits per heavy atom. The zero-order valence-corrected chi connectivity index (χ0v) is 22.1. The first-order valence-corrected chi connectivity index (χ1v) is 13.7. The fourth-order valence-corrected chi connectivity index (χ4v) is 5.81. The molecular formula is C30H31FN8. The van der Waals surface area contributed by atoms with Crippen molar-refractivity contribution in [1.29, 1.82) is 0 Å². The van der Waals surface area contributed by atoms with Crippen LogP contribution in [0.25, 0.3) is 44.7 Å². The molecule has 9 heteroatoms. The summed E-state index contributed by atoms with van der Waals surface area (Å²) in [7, 11) is 0. The number of aromatic nitrogens is 6. The summed E-state index contributed by atoms with van der Waals surface area (Å²) in [6, 6.07) is 6.77. The maximum atomic E-state index is 14.5. The van der Waals surface area contributed by atoms with Crippen molar-refractivity contribution >= 4 is 27.8 Å². The summed E-state index contributed by atoms with van der Waals surface area (Å²) in [5.41, 5.74) is 4.51. The number of rotatable bonds is 6. The van der Waals surface area contributed by atoms with Gasteiger partial charge in [-0.15, -0.1) is 0 Å². The highest BCUT2D eigenvalue weighted by Gasteiger charge is 2.33. The Morgan fingerprint density at radius 2 is 1.97 bits per heavy atom. The average Bonchev–Trinajstić information content (AvgIpc) is 3.69. The standard InChI is InChI=1S/C30H31FN8/c1-30(2)16-32-10-7-18(30)13-36-29-25-21(17-5-6-17)14-33-15-24(25)38-28(39-29)19-8-11-35-27-20(19)12-23(37-27)26-22(31)4-3-9-34-26/h3-4,8-9,11-12,14-15,17-18,32H,5-7,10,13,16H2,1-2H3,(H,35,37)(H,36,38,39)/t18-/m1/s1. The van der Waals surface area contributed by atoms with E-state index in [1.54, 1.807) is 18.5 Å². The van der Waals surface area contributed by atoms with E-state index in [1.807, 2.05) is 24.5 Å². The number of hydrogen-bond donors (Lipinski definition) is 3. The van der Waals surface area contributed by atoms with Gasteiger partial charge in [0.25, 0.3) is 0 Å². The van der Waals surface area contributed by atoms with Gasteiger partial charge < -0.3 is 15.6 Å². The molecule has 0 amide bonds. The van der Waals surface area contributed by atoms with Gasteiger partial charge in [-0.25, -0.2) is 19.3 Å². The van der Waals surface area contributed by atoms with E-state index in [1.165, 1.54) is 24.5 Å². The Bertz CT molecular complexity index is 1690. The van der Waals surface area contributed by atoms with Gasteiger partial charge in [0, 0.05) is 48.0 Å². The molecule has 1 aliphatic carbocycles. The van der Waals surface area contributed by atoms with Crippen molar-refractivity contribution in [1.82, 2.24) is 35.2 Å². The van der Waals surface area contributed by atoms with Gasteiger partial charge in [0.1, 0.15) is 17.2 Å². The van der Waals surface area contributed by atoms with Crippen molar-refractivity contribution in [3.05, 3.63) is 60.4 Å². The highest BCUT2D eigenvalue weighted by molar-refractivity contribution is 5.98. The Balaban J connectivity index is 1.34. The van der Waals surface area contributed by atoms with Crippen molar-refractivity contribution in [2.24, 2.45) is 11.3 Å². The van der Waals surface area contributed by atoms with Crippen LogP contribution in [0.3, 0.4) is 0 Å². The summed E-state index contributed by atoms with van der Waals surface area (Å²) >= 11 is 0. The van der Waals surface area contributed by atoms with Gasteiger partial charge in [-0.1, -0.05) is 13.8 Å². The molecule has 2 aliphatic rings. The van der Waals surface area contributed by atoms with E-state index >= 15 is 0 Å². The van der Waals surface area contributed by atoms with Gasteiger partial charge in [0.05, 0.1) is 17.4 Å². The molecule has 0 unspecified atom stereocenters. The van der Waals surface area contributed by atoms with Crippen LogP contribution in [0.2, 0.25) is 0 Å². The van der Waals surface area contributed by atoms with Crippen LogP contribution >= 0.6 is 0 Å². The lowest BCUT2D eigenvalue weighted by atomic mass is 9.74. The third-order valence-electron chi connectivity index (χ3n) is 8.31. The third kappa shape index (κ3) is 4.40. The third-order valence-corrected chi connectivity index (χ3v) is 8.31. The molecule has 2 fully saturated rings. The molecule has 7 rings (SSSR count). The molecule has 0 aromatic carbocycles. The molecule has 0 bridgehead atoms. The zero-order chi connectivity index (χ0) is 26.6. The van der Waals surface area contributed by atoms with E-state index in [9.17, 15) is 4.39 Å². The number of aromatic amines is 1. The highest BCUT2D eigenvalue weighted by Crippen LogP contribution is 2.44. The molecule has 5 aromatic heterocycles. The second-order valence-electron chi connectivity index (χ2n) is 11.5. The predicted molar refractivity (Wildman–Crippen MR) is 151 cm³/mol. The van der Waals surface area contributed by atoms with E-state index in [0.29, 0.717) is 29.0 Å². The highest BCUT2D eigenvalue weighted by atomic mass is 19.1. The summed E-state index contributed by atoms with van der Waals surface area (Å²) in [6.07, 6.45) is 10.6. The van der Waals surface area contributed by atoms with Gasteiger partial charge in [-0.05, 0) is 72.9 Å². The first-order chi connectivity index (χ1) is 19.0. The molecule has 198 valence electrons. The number of pyridine rings is 3. The van der Waals surface area contributed by atoms with E-state index in [-0.39, 0.29) is 11.1 Å². The van der Waals surface area contributed by atoms with Crippen molar-refractivity contribution in [2.45, 2.75) is 39.0 Å². The van der Waals surface area contributed by atoms with Crippen LogP contribution in [0.4, 0.5) is 10.2 Å². The number of fused-ring (bicyclic) bond motifs is 2. The second-order valence-corrected chi connectivity index (χ2v) is 11.5. The largest absolute Gasteiger partial charge is 0.369 e. The van der Waals surface area contributed by atoms with Crippen molar-refractivity contribution in [2.75, 3.05) is 25.0 Å². The molecule has 1 saturated carbocycles. The van der Waals surface area contributed by atoms with Gasteiger partial charge in [0.15, 0.2) is 11.6 Å². The number of nitrogens with zero attached hydrogens (tertiary/aromatic N) is 5. The lowest BCUT2D eigenvalue weighted by molar-refractivity contribution is 0.166. The van der Waals surface area contributed by atoms with E-state index in [0.717, 1.165) is 53.7 Å². The maximum absolute atomic E-state index is 14.5. The fraction of sp³-hybridized carbons (Fsp3) is 0.367. The Kier molecular flexibility index (Phi) is 5.77. The van der Waals surface area contributed by atoms with Gasteiger partial charge in [-0.2, -0.15) is 0 Å². The lowest BCUT2D eigenvalue weighted by Gasteiger charge is -2.39. The van der Waals surface area contributed by atoms with Gasteiger partial charge >= 0.3 is 0 Å². The van der Waals surface area contributed by atoms with Crippen LogP contribution < -0.4 is 10.6 Å². The number of H-pyrrole nitrogens is 1. The van der Waals surface area contributed by atoms with Crippen molar-refractivity contribution in [3.63, 3.8) is 0 Å². The maximum Gasteiger partial charge on any atom is 0.163 e. The van der Waals surface area contributed by atoms with Gasteiger partial charge in [0.2, 0.25) is 0 Å². The normalized spacial score (nSPS) is 19.0. The Morgan fingerprint density at radius 3 is 2.79 bits per heavy atom. The minimum absolute atomic E-state index is 0.192. The molecular weight excluding hydrogens is 491 g/mol. The average molecular weight is 523 g/mol. The number of halogens is 1. The molecule has 8 nitrogen and oxygen atoms in total. The summed E-state index contributed by atoms with van der Waals surface area (Å²) in [4.78, 5) is 26.6. The minimum atomic E-state index is -0.390. The first-order valence-electron chi connectivity index (χ1n) is 13.7. The summed E-state index contributed by atoms with van der Waals surface area (Å²) in [5, 5.41) is 9.16. The summed E-state index contributed by atoms with van der Waals surface area (Å²) in [6.45, 7) is 7.54. The minimum Gasteiger partial charge on any atom is -0.369 e. The molecule has 1 saturated heterocycles. The topological polar surface area (TPSA) is 104 Å². The summed E-state index contributed by atoms with van der Waals surface area (Å²) < 4.78 is 14.5. The lowest BCUT2D eigenvalue weighted by Crippen LogP contribution is -2.45. The van der Waals surface area contributed by atoms with Gasteiger partial charge in [-0.3, -0.25) is 9.97 Å². The fourth-order valence-electron chi connectivity index (χ4n) is 5.81. The van der Waals surface area contributed by atoms with Crippen LogP contribution in [0.5, 0.6) is 0 Å².